The third-order valence-electron chi connectivity index (χ3n) is 5.80. The Morgan fingerprint density at radius 2 is 1.92 bits per heavy atom. The summed E-state index contributed by atoms with van der Waals surface area (Å²) in [6.07, 6.45) is 5.48. The zero-order valence-corrected chi connectivity index (χ0v) is 16.5. The van der Waals surface area contributed by atoms with Crippen LogP contribution in [0.5, 0.6) is 5.75 Å². The third kappa shape index (κ3) is 4.90. The van der Waals surface area contributed by atoms with Crippen molar-refractivity contribution < 1.29 is 14.3 Å². The molecule has 3 N–H and O–H groups in total. The van der Waals surface area contributed by atoms with Gasteiger partial charge in [-0.05, 0) is 68.2 Å². The summed E-state index contributed by atoms with van der Waals surface area (Å²) < 4.78 is 10.6. The number of benzene rings is 1. The molecule has 5 nitrogen and oxygen atoms in total. The number of anilines is 1. The van der Waals surface area contributed by atoms with Gasteiger partial charge in [0, 0.05) is 24.8 Å². The van der Waals surface area contributed by atoms with Crippen LogP contribution in [0.4, 0.5) is 5.69 Å². The molecule has 2 aliphatic rings. The first-order valence-corrected chi connectivity index (χ1v) is 9.37. The molecular weight excluding hydrogens is 352 g/mol. The number of aryl methyl sites for hydroxylation is 1. The molecule has 2 atom stereocenters. The number of amides is 1. The lowest BCUT2D eigenvalue weighted by Gasteiger charge is -2.43. The van der Waals surface area contributed by atoms with Crippen molar-refractivity contribution >= 4 is 24.0 Å². The Morgan fingerprint density at radius 1 is 1.23 bits per heavy atom. The highest BCUT2D eigenvalue weighted by atomic mass is 35.5. The van der Waals surface area contributed by atoms with Crippen molar-refractivity contribution in [3.8, 4) is 5.75 Å². The first-order valence-electron chi connectivity index (χ1n) is 9.37. The van der Waals surface area contributed by atoms with Gasteiger partial charge < -0.3 is 20.5 Å². The van der Waals surface area contributed by atoms with Gasteiger partial charge in [0.15, 0.2) is 0 Å². The van der Waals surface area contributed by atoms with Crippen LogP contribution in [-0.2, 0) is 9.53 Å². The Kier molecular flexibility index (Phi) is 7.74. The van der Waals surface area contributed by atoms with Crippen molar-refractivity contribution in [1.82, 2.24) is 0 Å². The molecule has 2 aliphatic carbocycles. The van der Waals surface area contributed by atoms with Gasteiger partial charge in [-0.3, -0.25) is 4.79 Å². The lowest BCUT2D eigenvalue weighted by atomic mass is 9.65. The second-order valence-corrected chi connectivity index (χ2v) is 7.50. The first kappa shape index (κ1) is 21.0. The van der Waals surface area contributed by atoms with Crippen LogP contribution in [0, 0.1) is 24.7 Å². The normalized spacial score (nSPS) is 27.3. The van der Waals surface area contributed by atoms with Gasteiger partial charge in [-0.1, -0.05) is 6.42 Å². The van der Waals surface area contributed by atoms with E-state index in [1.807, 2.05) is 25.1 Å². The fraction of sp³-hybridized carbons (Fsp3) is 0.650. The number of carbonyl (C=O) groups excluding carboxylic acids is 1. The van der Waals surface area contributed by atoms with Gasteiger partial charge in [0.1, 0.15) is 12.4 Å². The predicted octanol–water partition coefficient (Wildman–Crippen LogP) is 3.53. The first-order chi connectivity index (χ1) is 12.1. The second kappa shape index (κ2) is 9.58. The maximum Gasteiger partial charge on any atom is 0.227 e. The molecule has 2 bridgehead atoms. The Labute approximate surface area is 162 Å². The highest BCUT2D eigenvalue weighted by Gasteiger charge is 2.40. The molecule has 0 saturated heterocycles. The number of nitrogens with two attached hydrogens (primary N) is 1. The zero-order chi connectivity index (χ0) is 17.8. The predicted molar refractivity (Wildman–Crippen MR) is 106 cm³/mol. The summed E-state index contributed by atoms with van der Waals surface area (Å²) in [6.45, 7) is 3.07. The summed E-state index contributed by atoms with van der Waals surface area (Å²) in [6, 6.07) is 6.06. The molecule has 1 amide bonds. The van der Waals surface area contributed by atoms with E-state index in [1.54, 1.807) is 7.11 Å². The van der Waals surface area contributed by atoms with E-state index >= 15 is 0 Å². The van der Waals surface area contributed by atoms with Crippen LogP contribution in [0.15, 0.2) is 18.2 Å². The molecule has 0 aliphatic heterocycles. The van der Waals surface area contributed by atoms with E-state index in [-0.39, 0.29) is 24.2 Å². The quantitative estimate of drug-likeness (QED) is 0.738. The standard InChI is InChI=1S/C20H30N2O3.ClH/c1-13-10-17(25-9-8-24-2)6-7-18(13)22-20(23)16-11-14-4-3-5-15(12-16)19(14)21;/h6-7,10,14-16,19H,3-5,8-9,11-12,21H2,1-2H3,(H,22,23);1H. The summed E-state index contributed by atoms with van der Waals surface area (Å²) in [7, 11) is 1.65. The summed E-state index contributed by atoms with van der Waals surface area (Å²) in [5.74, 6) is 2.06. The number of carbonyl (C=O) groups is 1. The van der Waals surface area contributed by atoms with E-state index in [1.165, 1.54) is 19.3 Å². The van der Waals surface area contributed by atoms with E-state index < -0.39 is 0 Å². The van der Waals surface area contributed by atoms with Crippen molar-refractivity contribution in [3.63, 3.8) is 0 Å². The average Bonchev–Trinajstić information content (AvgIpc) is 2.57. The fourth-order valence-corrected chi connectivity index (χ4v) is 4.35. The van der Waals surface area contributed by atoms with Crippen LogP contribution in [0.3, 0.4) is 0 Å². The molecule has 0 aromatic heterocycles. The molecular formula is C20H31ClN2O3. The molecule has 3 rings (SSSR count). The van der Waals surface area contributed by atoms with Crippen LogP contribution >= 0.6 is 12.4 Å². The van der Waals surface area contributed by atoms with Crippen molar-refractivity contribution in [2.24, 2.45) is 23.5 Å². The maximum atomic E-state index is 12.8. The molecule has 26 heavy (non-hydrogen) atoms. The number of halogens is 1. The Balaban J connectivity index is 0.00000243. The minimum absolute atomic E-state index is 0. The zero-order valence-electron chi connectivity index (χ0n) is 15.7. The SMILES string of the molecule is COCCOc1ccc(NC(=O)C2CC3CCCC(C2)C3N)c(C)c1.Cl. The van der Waals surface area contributed by atoms with Crippen molar-refractivity contribution in [2.45, 2.75) is 45.1 Å². The molecule has 0 heterocycles. The molecule has 0 radical (unpaired) electrons. The number of hydrogen-bond acceptors (Lipinski definition) is 4. The second-order valence-electron chi connectivity index (χ2n) is 7.50. The van der Waals surface area contributed by atoms with Crippen LogP contribution in [-0.4, -0.2) is 32.3 Å². The molecule has 146 valence electrons. The number of hydrogen-bond donors (Lipinski definition) is 2. The van der Waals surface area contributed by atoms with Crippen molar-refractivity contribution in [3.05, 3.63) is 23.8 Å². The van der Waals surface area contributed by atoms with Gasteiger partial charge in [0.05, 0.1) is 6.61 Å². The van der Waals surface area contributed by atoms with Crippen molar-refractivity contribution in [2.75, 3.05) is 25.6 Å². The molecule has 1 aromatic rings. The number of fused-ring (bicyclic) bond motifs is 2. The highest BCUT2D eigenvalue weighted by Crippen LogP contribution is 2.42. The number of methoxy groups -OCH3 is 1. The monoisotopic (exact) mass is 382 g/mol. The van der Waals surface area contributed by atoms with Gasteiger partial charge in [-0.2, -0.15) is 0 Å². The lowest BCUT2D eigenvalue weighted by molar-refractivity contribution is -0.122. The number of rotatable bonds is 6. The Hall–Kier alpha value is -1.30. The molecule has 6 heteroatoms. The van der Waals surface area contributed by atoms with Gasteiger partial charge in [-0.15, -0.1) is 12.4 Å². The van der Waals surface area contributed by atoms with Gasteiger partial charge >= 0.3 is 0 Å². The van der Waals surface area contributed by atoms with Crippen LogP contribution in [0.2, 0.25) is 0 Å². The summed E-state index contributed by atoms with van der Waals surface area (Å²) in [5.41, 5.74) is 8.21. The smallest absolute Gasteiger partial charge is 0.227 e. The molecule has 2 saturated carbocycles. The molecule has 1 aromatic carbocycles. The maximum absolute atomic E-state index is 12.8. The Bertz CT molecular complexity index is 597. The lowest BCUT2D eigenvalue weighted by Crippen LogP contribution is -2.48. The van der Waals surface area contributed by atoms with Crippen LogP contribution < -0.4 is 15.8 Å². The minimum Gasteiger partial charge on any atom is -0.491 e. The van der Waals surface area contributed by atoms with Crippen LogP contribution in [0.25, 0.3) is 0 Å². The van der Waals surface area contributed by atoms with Gasteiger partial charge in [-0.25, -0.2) is 0 Å². The van der Waals surface area contributed by atoms with E-state index in [9.17, 15) is 4.79 Å². The van der Waals surface area contributed by atoms with E-state index in [2.05, 4.69) is 5.32 Å². The van der Waals surface area contributed by atoms with Gasteiger partial charge in [0.25, 0.3) is 0 Å². The fourth-order valence-electron chi connectivity index (χ4n) is 4.35. The highest BCUT2D eigenvalue weighted by molar-refractivity contribution is 5.93. The van der Waals surface area contributed by atoms with E-state index in [0.717, 1.165) is 29.8 Å². The topological polar surface area (TPSA) is 73.6 Å². The average molecular weight is 383 g/mol. The molecule has 2 unspecified atom stereocenters. The van der Waals surface area contributed by atoms with E-state index in [4.69, 9.17) is 15.2 Å². The largest absolute Gasteiger partial charge is 0.491 e. The molecule has 0 spiro atoms. The van der Waals surface area contributed by atoms with E-state index in [0.29, 0.717) is 31.1 Å². The number of nitrogens with one attached hydrogen (secondary N) is 1. The number of ether oxygens (including phenoxy) is 2. The van der Waals surface area contributed by atoms with Gasteiger partial charge in [0.2, 0.25) is 5.91 Å². The Morgan fingerprint density at radius 3 is 2.54 bits per heavy atom. The van der Waals surface area contributed by atoms with Crippen LogP contribution in [0.1, 0.15) is 37.7 Å². The van der Waals surface area contributed by atoms with Crippen molar-refractivity contribution in [1.29, 1.82) is 0 Å². The summed E-state index contributed by atoms with van der Waals surface area (Å²) >= 11 is 0. The summed E-state index contributed by atoms with van der Waals surface area (Å²) in [4.78, 5) is 12.8. The molecule has 2 fully saturated rings. The summed E-state index contributed by atoms with van der Waals surface area (Å²) in [5, 5.41) is 3.12. The minimum atomic E-state index is 0. The third-order valence-corrected chi connectivity index (χ3v) is 5.80.